The van der Waals surface area contributed by atoms with Crippen molar-refractivity contribution in [3.8, 4) is 22.7 Å². The van der Waals surface area contributed by atoms with Crippen LogP contribution in [0.4, 0.5) is 0 Å². The molecule has 0 atom stereocenters. The molecular formula is C22H28N2O2. The van der Waals surface area contributed by atoms with E-state index in [1.165, 1.54) is 29.8 Å². The minimum absolute atomic E-state index is 0.872. The SMILES string of the molecule is CC.COc1ccc(-n2c(-c3c(C)noc3C)cc3c2CCCC3)cc1. The van der Waals surface area contributed by atoms with E-state index in [0.717, 1.165) is 41.3 Å². The Bertz CT molecular complexity index is 853. The van der Waals surface area contributed by atoms with Crippen molar-refractivity contribution in [3.63, 3.8) is 0 Å². The van der Waals surface area contributed by atoms with E-state index in [9.17, 15) is 0 Å². The molecule has 0 radical (unpaired) electrons. The molecule has 0 saturated carbocycles. The first-order chi connectivity index (χ1) is 12.7. The fraction of sp³-hybridized carbons (Fsp3) is 0.409. The smallest absolute Gasteiger partial charge is 0.143 e. The molecule has 0 N–H and O–H groups in total. The van der Waals surface area contributed by atoms with Crippen molar-refractivity contribution < 1.29 is 9.26 Å². The lowest BCUT2D eigenvalue weighted by atomic mass is 9.98. The normalized spacial score (nSPS) is 13.0. The van der Waals surface area contributed by atoms with Gasteiger partial charge in [-0.3, -0.25) is 0 Å². The van der Waals surface area contributed by atoms with E-state index < -0.39 is 0 Å². The Morgan fingerprint density at radius 3 is 2.35 bits per heavy atom. The molecule has 1 aliphatic rings. The maximum Gasteiger partial charge on any atom is 0.143 e. The summed E-state index contributed by atoms with van der Waals surface area (Å²) < 4.78 is 13.1. The third-order valence-electron chi connectivity index (χ3n) is 4.92. The molecule has 0 unspecified atom stereocenters. The van der Waals surface area contributed by atoms with E-state index in [4.69, 9.17) is 9.26 Å². The van der Waals surface area contributed by atoms with Gasteiger partial charge in [0.2, 0.25) is 0 Å². The van der Waals surface area contributed by atoms with E-state index in [1.807, 2.05) is 39.8 Å². The molecule has 0 aliphatic heterocycles. The molecule has 0 amide bonds. The molecule has 3 aromatic rings. The predicted molar refractivity (Wildman–Crippen MR) is 105 cm³/mol. The summed E-state index contributed by atoms with van der Waals surface area (Å²) >= 11 is 0. The van der Waals surface area contributed by atoms with Gasteiger partial charge in [-0.15, -0.1) is 0 Å². The number of ether oxygens (including phenoxy) is 1. The Labute approximate surface area is 155 Å². The van der Waals surface area contributed by atoms with Crippen molar-refractivity contribution in [3.05, 3.63) is 53.0 Å². The number of benzene rings is 1. The molecule has 0 saturated heterocycles. The lowest BCUT2D eigenvalue weighted by Crippen LogP contribution is -2.08. The largest absolute Gasteiger partial charge is 0.497 e. The monoisotopic (exact) mass is 352 g/mol. The summed E-state index contributed by atoms with van der Waals surface area (Å²) in [6.07, 6.45) is 4.77. The molecule has 26 heavy (non-hydrogen) atoms. The average Bonchev–Trinajstić information content (AvgIpc) is 3.22. The van der Waals surface area contributed by atoms with Crippen LogP contribution in [0, 0.1) is 13.8 Å². The van der Waals surface area contributed by atoms with Gasteiger partial charge in [0, 0.05) is 11.4 Å². The fourth-order valence-corrected chi connectivity index (χ4v) is 3.76. The Balaban J connectivity index is 0.000000948. The van der Waals surface area contributed by atoms with Gasteiger partial charge in [0.15, 0.2) is 0 Å². The van der Waals surface area contributed by atoms with E-state index in [2.05, 4.69) is 27.9 Å². The van der Waals surface area contributed by atoms with E-state index in [-0.39, 0.29) is 0 Å². The number of hydrogen-bond donors (Lipinski definition) is 0. The van der Waals surface area contributed by atoms with Crippen molar-refractivity contribution in [2.75, 3.05) is 7.11 Å². The Morgan fingerprint density at radius 1 is 1.04 bits per heavy atom. The molecule has 2 heterocycles. The molecule has 4 heteroatoms. The zero-order chi connectivity index (χ0) is 18.7. The molecule has 2 aromatic heterocycles. The molecular weight excluding hydrogens is 324 g/mol. The topological polar surface area (TPSA) is 40.2 Å². The maximum absolute atomic E-state index is 5.43. The highest BCUT2D eigenvalue weighted by molar-refractivity contribution is 5.69. The quantitative estimate of drug-likeness (QED) is 0.610. The second-order valence-corrected chi connectivity index (χ2v) is 6.44. The zero-order valence-corrected chi connectivity index (χ0v) is 16.4. The summed E-state index contributed by atoms with van der Waals surface area (Å²) in [7, 11) is 1.70. The van der Waals surface area contributed by atoms with Crippen LogP contribution in [0.15, 0.2) is 34.9 Å². The number of fused-ring (bicyclic) bond motifs is 1. The summed E-state index contributed by atoms with van der Waals surface area (Å²) in [6.45, 7) is 8.00. The van der Waals surface area contributed by atoms with Crippen LogP contribution in [0.3, 0.4) is 0 Å². The van der Waals surface area contributed by atoms with Gasteiger partial charge >= 0.3 is 0 Å². The maximum atomic E-state index is 5.43. The first-order valence-corrected chi connectivity index (χ1v) is 9.50. The van der Waals surface area contributed by atoms with Crippen molar-refractivity contribution in [1.82, 2.24) is 9.72 Å². The molecule has 4 rings (SSSR count). The number of nitrogens with zero attached hydrogens (tertiary/aromatic N) is 2. The lowest BCUT2D eigenvalue weighted by molar-refractivity contribution is 0.393. The Morgan fingerprint density at radius 2 is 1.73 bits per heavy atom. The fourth-order valence-electron chi connectivity index (χ4n) is 3.76. The van der Waals surface area contributed by atoms with E-state index in [0.29, 0.717) is 0 Å². The Hall–Kier alpha value is -2.49. The highest BCUT2D eigenvalue weighted by Crippen LogP contribution is 2.36. The van der Waals surface area contributed by atoms with Gasteiger partial charge in [-0.1, -0.05) is 19.0 Å². The minimum Gasteiger partial charge on any atom is -0.497 e. The molecule has 4 nitrogen and oxygen atoms in total. The van der Waals surface area contributed by atoms with Crippen LogP contribution in [0.25, 0.3) is 16.9 Å². The summed E-state index contributed by atoms with van der Waals surface area (Å²) in [6, 6.07) is 10.6. The average molecular weight is 352 g/mol. The van der Waals surface area contributed by atoms with Crippen LogP contribution in [0.5, 0.6) is 5.75 Å². The lowest BCUT2D eigenvalue weighted by Gasteiger charge is -2.17. The van der Waals surface area contributed by atoms with Gasteiger partial charge < -0.3 is 13.8 Å². The van der Waals surface area contributed by atoms with Crippen LogP contribution in [-0.2, 0) is 12.8 Å². The molecule has 0 fully saturated rings. The minimum atomic E-state index is 0.872. The van der Waals surface area contributed by atoms with Crippen LogP contribution < -0.4 is 4.74 Å². The summed E-state index contributed by atoms with van der Waals surface area (Å²) in [5, 5.41) is 4.15. The van der Waals surface area contributed by atoms with Gasteiger partial charge in [-0.25, -0.2) is 0 Å². The molecule has 0 bridgehead atoms. The highest BCUT2D eigenvalue weighted by atomic mass is 16.5. The van der Waals surface area contributed by atoms with Crippen molar-refractivity contribution >= 4 is 0 Å². The zero-order valence-electron chi connectivity index (χ0n) is 16.4. The molecule has 0 spiro atoms. The number of methoxy groups -OCH3 is 1. The van der Waals surface area contributed by atoms with E-state index >= 15 is 0 Å². The summed E-state index contributed by atoms with van der Waals surface area (Å²) in [4.78, 5) is 0. The first-order valence-electron chi connectivity index (χ1n) is 9.50. The van der Waals surface area contributed by atoms with Gasteiger partial charge in [-0.2, -0.15) is 0 Å². The summed E-state index contributed by atoms with van der Waals surface area (Å²) in [5.74, 6) is 1.75. The van der Waals surface area contributed by atoms with Gasteiger partial charge in [0.05, 0.1) is 24.1 Å². The first kappa shape index (κ1) is 18.3. The standard InChI is InChI=1S/C20H22N2O2.C2H6/c1-13-20(14(2)24-21-13)19-12-15-6-4-5-7-18(15)22(19)16-8-10-17(23-3)11-9-16;1-2/h8-12H,4-7H2,1-3H3;1-2H3. The number of aryl methyl sites for hydroxylation is 3. The number of aromatic nitrogens is 2. The molecule has 138 valence electrons. The predicted octanol–water partition coefficient (Wildman–Crippen LogP) is 5.66. The van der Waals surface area contributed by atoms with Gasteiger partial charge in [-0.05, 0) is 75.4 Å². The second kappa shape index (κ2) is 7.81. The van der Waals surface area contributed by atoms with Crippen molar-refractivity contribution in [1.29, 1.82) is 0 Å². The van der Waals surface area contributed by atoms with Crippen molar-refractivity contribution in [2.45, 2.75) is 53.4 Å². The second-order valence-electron chi connectivity index (χ2n) is 6.44. The Kier molecular flexibility index (Phi) is 5.50. The molecule has 1 aromatic carbocycles. The third-order valence-corrected chi connectivity index (χ3v) is 4.92. The van der Waals surface area contributed by atoms with Crippen LogP contribution in [-0.4, -0.2) is 16.8 Å². The third kappa shape index (κ3) is 3.16. The van der Waals surface area contributed by atoms with E-state index in [1.54, 1.807) is 7.11 Å². The van der Waals surface area contributed by atoms with Crippen LogP contribution in [0.2, 0.25) is 0 Å². The number of hydrogen-bond acceptors (Lipinski definition) is 3. The van der Waals surface area contributed by atoms with Crippen molar-refractivity contribution in [2.24, 2.45) is 0 Å². The number of rotatable bonds is 3. The molecule has 1 aliphatic carbocycles. The van der Waals surface area contributed by atoms with Crippen LogP contribution >= 0.6 is 0 Å². The van der Waals surface area contributed by atoms with Gasteiger partial charge in [0.25, 0.3) is 0 Å². The highest BCUT2D eigenvalue weighted by Gasteiger charge is 2.23. The summed E-state index contributed by atoms with van der Waals surface area (Å²) in [5.41, 5.74) is 7.27. The van der Waals surface area contributed by atoms with Crippen LogP contribution in [0.1, 0.15) is 49.4 Å². The van der Waals surface area contributed by atoms with Gasteiger partial charge in [0.1, 0.15) is 11.5 Å².